The molecule has 0 N–H and O–H groups in total. The molecule has 4 aromatic rings. The van der Waals surface area contributed by atoms with Gasteiger partial charge in [-0.15, -0.1) is 11.3 Å². The van der Waals surface area contributed by atoms with Gasteiger partial charge in [-0.2, -0.15) is 15.2 Å². The molecule has 7 rings (SSSR count). The lowest BCUT2D eigenvalue weighted by molar-refractivity contribution is -0.131. The Morgan fingerprint density at radius 2 is 2.00 bits per heavy atom. The molecular weight excluding hydrogens is 651 g/mol. The maximum atomic E-state index is 15.1. The van der Waals surface area contributed by atoms with Crippen LogP contribution in [-0.2, 0) is 17.8 Å². The highest BCUT2D eigenvalue weighted by molar-refractivity contribution is 7.10. The van der Waals surface area contributed by atoms with Crippen LogP contribution in [0.2, 0.25) is 5.02 Å². The molecule has 0 aliphatic carbocycles. The van der Waals surface area contributed by atoms with Gasteiger partial charge in [0.25, 0.3) is 5.91 Å². The Balaban J connectivity index is 1.19. The zero-order valence-electron chi connectivity index (χ0n) is 26.7. The number of halogens is 2. The monoisotopic (exact) mass is 686 g/mol. The van der Waals surface area contributed by atoms with Gasteiger partial charge in [-0.25, -0.2) is 9.37 Å². The Bertz CT molecular complexity index is 1880. The summed E-state index contributed by atoms with van der Waals surface area (Å²) in [5.74, 6) is -0.870. The fraction of sp³-hybridized carbons (Fsp3) is 0.400. The number of anilines is 2. The van der Waals surface area contributed by atoms with Crippen LogP contribution >= 0.6 is 22.9 Å². The average Bonchev–Trinajstić information content (AvgIpc) is 3.77. The number of amides is 1. The lowest BCUT2D eigenvalue weighted by Gasteiger charge is -2.42. The number of ether oxygens (including phenoxy) is 1. The maximum Gasteiger partial charge on any atom is 0.318 e. The fourth-order valence-electron chi connectivity index (χ4n) is 7.03. The number of aromatic nitrogens is 3. The summed E-state index contributed by atoms with van der Waals surface area (Å²) in [6.45, 7) is 3.80. The smallest absolute Gasteiger partial charge is 0.318 e. The number of fused-ring (bicyclic) bond motifs is 2. The molecule has 5 heterocycles. The van der Waals surface area contributed by atoms with Crippen LogP contribution in [0.15, 0.2) is 53.8 Å². The molecule has 2 atom stereocenters. The normalized spacial score (nSPS) is 20.2. The first-order valence-electron chi connectivity index (χ1n) is 16.2. The van der Waals surface area contributed by atoms with Crippen molar-refractivity contribution in [1.82, 2.24) is 24.8 Å². The van der Waals surface area contributed by atoms with Crippen molar-refractivity contribution >= 4 is 57.2 Å². The maximum absolute atomic E-state index is 15.1. The van der Waals surface area contributed by atoms with Gasteiger partial charge >= 0.3 is 6.01 Å². The quantitative estimate of drug-likeness (QED) is 0.216. The number of thiazole rings is 1. The molecule has 0 saturated carbocycles. The summed E-state index contributed by atoms with van der Waals surface area (Å²) in [6, 6.07) is 14.4. The van der Waals surface area contributed by atoms with Gasteiger partial charge in [0.2, 0.25) is 0 Å². The Labute approximate surface area is 288 Å². The molecule has 2 aromatic heterocycles. The first-order valence-corrected chi connectivity index (χ1v) is 17.5. The number of likely N-dealkylation sites (N-methyl/N-ethyl adjacent to an activating group) is 1. The van der Waals surface area contributed by atoms with Crippen molar-refractivity contribution in [3.63, 3.8) is 0 Å². The van der Waals surface area contributed by atoms with E-state index in [1.165, 1.54) is 16.2 Å². The molecule has 2 aromatic carbocycles. The zero-order chi connectivity index (χ0) is 33.2. The summed E-state index contributed by atoms with van der Waals surface area (Å²) in [7, 11) is 2.11. The Kier molecular flexibility index (Phi) is 9.43. The fourth-order valence-corrected chi connectivity index (χ4v) is 7.86. The minimum atomic E-state index is -0.887. The van der Waals surface area contributed by atoms with Crippen molar-refractivity contribution in [2.75, 3.05) is 56.2 Å². The third-order valence-corrected chi connectivity index (χ3v) is 10.6. The highest BCUT2D eigenvalue weighted by Crippen LogP contribution is 2.37. The van der Waals surface area contributed by atoms with E-state index < -0.39 is 17.8 Å². The molecule has 13 heteroatoms. The number of piperazine rings is 1. The van der Waals surface area contributed by atoms with Crippen LogP contribution in [0.3, 0.4) is 0 Å². The molecule has 48 heavy (non-hydrogen) atoms. The molecule has 3 aliphatic heterocycles. The van der Waals surface area contributed by atoms with Crippen molar-refractivity contribution < 1.29 is 13.9 Å². The molecule has 0 unspecified atom stereocenters. The topological polar surface area (TPSA) is 102 Å². The highest BCUT2D eigenvalue weighted by atomic mass is 35.5. The number of hydrogen-bond donors (Lipinski definition) is 0. The molecule has 10 nitrogen and oxygen atoms in total. The van der Waals surface area contributed by atoms with E-state index >= 15 is 4.39 Å². The molecule has 0 spiro atoms. The first kappa shape index (κ1) is 32.2. The number of nitrogens with zero attached hydrogens (tertiary/aromatic N) is 8. The zero-order valence-corrected chi connectivity index (χ0v) is 28.3. The first-order chi connectivity index (χ1) is 23.4. The Morgan fingerprint density at radius 1 is 1.15 bits per heavy atom. The summed E-state index contributed by atoms with van der Waals surface area (Å²) >= 11 is 7.97. The van der Waals surface area contributed by atoms with Crippen molar-refractivity contribution in [3.8, 4) is 12.1 Å². The third-order valence-electron chi connectivity index (χ3n) is 9.55. The molecule has 2 saturated heterocycles. The molecular formula is C35H36ClFN8O2S. The number of carbonyl (C=O) groups is 1. The van der Waals surface area contributed by atoms with Crippen molar-refractivity contribution in [3.05, 3.63) is 75.1 Å². The van der Waals surface area contributed by atoms with Gasteiger partial charge in [-0.1, -0.05) is 35.9 Å². The minimum Gasteiger partial charge on any atom is -0.462 e. The predicted molar refractivity (Wildman–Crippen MR) is 186 cm³/mol. The third kappa shape index (κ3) is 6.55. The molecule has 2 fully saturated rings. The van der Waals surface area contributed by atoms with Gasteiger partial charge < -0.3 is 24.3 Å². The second-order valence-corrected chi connectivity index (χ2v) is 13.8. The highest BCUT2D eigenvalue weighted by Gasteiger charge is 2.35. The van der Waals surface area contributed by atoms with Gasteiger partial charge in [-0.05, 0) is 50.4 Å². The van der Waals surface area contributed by atoms with Gasteiger partial charge in [0.05, 0.1) is 35.8 Å². The minimum absolute atomic E-state index is 0.0625. The lowest BCUT2D eigenvalue weighted by atomic mass is 10.0. The predicted octanol–water partition coefficient (Wildman–Crippen LogP) is 5.72. The van der Waals surface area contributed by atoms with Crippen molar-refractivity contribution in [1.29, 1.82) is 5.26 Å². The van der Waals surface area contributed by atoms with Crippen LogP contribution in [0.1, 0.15) is 35.5 Å². The molecule has 1 amide bonds. The van der Waals surface area contributed by atoms with E-state index in [-0.39, 0.29) is 13.0 Å². The Hall–Kier alpha value is -4.31. The van der Waals surface area contributed by atoms with Gasteiger partial charge in [0, 0.05) is 66.5 Å². The van der Waals surface area contributed by atoms with Crippen LogP contribution < -0.4 is 14.5 Å². The molecule has 3 aliphatic rings. The Morgan fingerprint density at radius 3 is 2.77 bits per heavy atom. The van der Waals surface area contributed by atoms with Crippen molar-refractivity contribution in [2.45, 2.75) is 44.3 Å². The van der Waals surface area contributed by atoms with Crippen LogP contribution in [0.5, 0.6) is 6.01 Å². The van der Waals surface area contributed by atoms with E-state index in [1.807, 2.05) is 18.2 Å². The summed E-state index contributed by atoms with van der Waals surface area (Å²) < 4.78 is 21.4. The number of carbonyl (C=O) groups excluding carboxylic acids is 1. The van der Waals surface area contributed by atoms with Crippen LogP contribution in [0, 0.1) is 11.3 Å². The van der Waals surface area contributed by atoms with Crippen molar-refractivity contribution in [2.24, 2.45) is 0 Å². The standard InChI is InChI=1S/C35H36ClFN8O2S/c1-42-14-4-7-25(42)22-47-35-40-29-21-43(30-9-3-6-23-5-2-8-27(36)32(23)30)15-11-26(29)33(41-35)44-16-17-45(24(20-44)10-12-38)34(46)28(37)19-31-39-13-18-48-31/h2-3,5-6,8-9,13,18-19,24-25H,4,7,10-11,14-17,20-22H2,1H3/b28-19-/t24-,25-/m0/s1. The largest absolute Gasteiger partial charge is 0.462 e. The molecule has 0 radical (unpaired) electrons. The molecule has 248 valence electrons. The van der Waals surface area contributed by atoms with Gasteiger partial charge in [0.1, 0.15) is 17.4 Å². The van der Waals surface area contributed by atoms with E-state index in [4.69, 9.17) is 26.3 Å². The second-order valence-electron chi connectivity index (χ2n) is 12.5. The van der Waals surface area contributed by atoms with Gasteiger partial charge in [-0.3, -0.25) is 4.79 Å². The average molecular weight is 687 g/mol. The lowest BCUT2D eigenvalue weighted by Crippen LogP contribution is -2.56. The summed E-state index contributed by atoms with van der Waals surface area (Å²) in [5, 5.41) is 14.6. The van der Waals surface area contributed by atoms with Crippen LogP contribution in [-0.4, -0.2) is 89.1 Å². The number of benzene rings is 2. The summed E-state index contributed by atoms with van der Waals surface area (Å²) in [4.78, 5) is 35.4. The van der Waals surface area contributed by atoms with Crippen LogP contribution in [0.25, 0.3) is 16.8 Å². The van der Waals surface area contributed by atoms with E-state index in [2.05, 4.69) is 51.0 Å². The van der Waals surface area contributed by atoms with Crippen LogP contribution in [0.4, 0.5) is 15.9 Å². The van der Waals surface area contributed by atoms with E-state index in [0.29, 0.717) is 54.7 Å². The van der Waals surface area contributed by atoms with E-state index in [0.717, 1.165) is 65.5 Å². The number of likely N-dealkylation sites (tertiary alicyclic amines) is 1. The summed E-state index contributed by atoms with van der Waals surface area (Å²) in [5.41, 5.74) is 2.94. The number of rotatable bonds is 8. The molecule has 0 bridgehead atoms. The SMILES string of the molecule is CN1CCC[C@H]1COc1nc2c(c(N3CCN(C(=O)/C(F)=C/c4nccs4)[C@@H](CC#N)C3)n1)CCN(c1cccc3cccc(Cl)c13)C2. The number of hydrogen-bond acceptors (Lipinski definition) is 10. The number of nitriles is 1. The van der Waals surface area contributed by atoms with E-state index in [9.17, 15) is 10.1 Å². The second kappa shape index (κ2) is 14.0. The summed E-state index contributed by atoms with van der Waals surface area (Å²) in [6.07, 6.45) is 5.66. The van der Waals surface area contributed by atoms with Gasteiger partial charge in [0.15, 0.2) is 5.83 Å². The van der Waals surface area contributed by atoms with E-state index in [1.54, 1.807) is 11.6 Å².